The van der Waals surface area contributed by atoms with Crippen molar-refractivity contribution in [2.45, 2.75) is 31.1 Å². The Bertz CT molecular complexity index is 1940. The summed E-state index contributed by atoms with van der Waals surface area (Å²) < 4.78 is 7.14. The summed E-state index contributed by atoms with van der Waals surface area (Å²) in [7, 11) is 1.61. The lowest BCUT2D eigenvalue weighted by Gasteiger charge is -2.22. The summed E-state index contributed by atoms with van der Waals surface area (Å²) in [6.07, 6.45) is 0.585. The van der Waals surface area contributed by atoms with E-state index in [4.69, 9.17) is 9.84 Å². The van der Waals surface area contributed by atoms with Gasteiger partial charge in [-0.25, -0.2) is 5.01 Å². The number of hydrogen-bond donors (Lipinski definition) is 1. The zero-order chi connectivity index (χ0) is 32.9. The number of aromatic nitrogens is 3. The van der Waals surface area contributed by atoms with Crippen LogP contribution in [0.2, 0.25) is 0 Å². The Morgan fingerprint density at radius 3 is 2.53 bits per heavy atom. The molecule has 0 bridgehead atoms. The minimum absolute atomic E-state index is 0.0331. The molecular weight excluding hydrogens is 639 g/mol. The average molecular weight is 668 g/mol. The lowest BCUT2D eigenvalue weighted by Crippen LogP contribution is -2.28. The van der Waals surface area contributed by atoms with Crippen LogP contribution in [0, 0.1) is 17.0 Å². The Labute approximate surface area is 278 Å². The molecule has 0 radical (unpaired) electrons. The van der Waals surface area contributed by atoms with Crippen LogP contribution in [-0.4, -0.2) is 55.1 Å². The van der Waals surface area contributed by atoms with Crippen LogP contribution in [0.3, 0.4) is 0 Å². The van der Waals surface area contributed by atoms with Crippen LogP contribution in [0.25, 0.3) is 5.69 Å². The van der Waals surface area contributed by atoms with Crippen LogP contribution in [0.1, 0.15) is 44.6 Å². The number of ether oxygens (including phenoxy) is 1. The molecule has 2 aromatic heterocycles. The highest BCUT2D eigenvalue weighted by Gasteiger charge is 2.34. The molecule has 0 spiro atoms. The van der Waals surface area contributed by atoms with Crippen molar-refractivity contribution in [2.75, 3.05) is 12.9 Å². The summed E-state index contributed by atoms with van der Waals surface area (Å²) in [5.41, 5.74) is 3.77. The maximum Gasteiger partial charge on any atom is 0.269 e. The Hall–Kier alpha value is -5.34. The number of nitro groups is 1. The third-order valence-electron chi connectivity index (χ3n) is 7.50. The number of hydrazone groups is 1. The maximum atomic E-state index is 13.8. The van der Waals surface area contributed by atoms with Gasteiger partial charge in [0, 0.05) is 29.8 Å². The molecule has 1 aliphatic rings. The van der Waals surface area contributed by atoms with E-state index < -0.39 is 10.8 Å². The SMILES string of the molecule is COc1ccc(C2CC(c3cccs3)=NN2C(=O)CSc2nnc(CNC(=O)c3ccc([N+](=O)[O-])cc3)n2-c2cccc(C)c2)cc1. The van der Waals surface area contributed by atoms with Gasteiger partial charge in [0.05, 0.1) is 41.0 Å². The number of methoxy groups -OCH3 is 1. The summed E-state index contributed by atoms with van der Waals surface area (Å²) in [5.74, 6) is 0.633. The van der Waals surface area contributed by atoms with E-state index in [1.807, 2.05) is 77.5 Å². The Balaban J connectivity index is 1.22. The number of benzene rings is 3. The van der Waals surface area contributed by atoms with Gasteiger partial charge in [-0.05, 0) is 65.9 Å². The van der Waals surface area contributed by atoms with E-state index in [2.05, 4.69) is 15.5 Å². The average Bonchev–Trinajstić information content (AvgIpc) is 3.86. The molecule has 0 fully saturated rings. The van der Waals surface area contributed by atoms with E-state index >= 15 is 0 Å². The summed E-state index contributed by atoms with van der Waals surface area (Å²) >= 11 is 2.82. The molecule has 3 heterocycles. The van der Waals surface area contributed by atoms with Gasteiger partial charge in [-0.15, -0.1) is 21.5 Å². The molecule has 12 nitrogen and oxygen atoms in total. The molecule has 0 saturated carbocycles. The van der Waals surface area contributed by atoms with Crippen LogP contribution in [-0.2, 0) is 11.3 Å². The van der Waals surface area contributed by atoms with Crippen molar-refractivity contribution < 1.29 is 19.2 Å². The lowest BCUT2D eigenvalue weighted by atomic mass is 10.0. The lowest BCUT2D eigenvalue weighted by molar-refractivity contribution is -0.384. The van der Waals surface area contributed by atoms with Gasteiger partial charge in [0.15, 0.2) is 11.0 Å². The highest BCUT2D eigenvalue weighted by Crippen LogP contribution is 2.35. The standard InChI is InChI=1S/C33H29N7O5S2/c1-21-5-3-6-25(17-21)38-30(19-34-32(42)23-8-12-24(13-9-23)40(43)44)35-36-33(38)47-20-31(41)39-28(22-10-14-26(45-2)15-11-22)18-27(37-39)29-7-4-16-46-29/h3-17,28H,18-20H2,1-2H3,(H,34,42). The van der Waals surface area contributed by atoms with E-state index in [1.165, 1.54) is 36.0 Å². The van der Waals surface area contributed by atoms with Gasteiger partial charge in [0.25, 0.3) is 17.5 Å². The molecule has 14 heteroatoms. The van der Waals surface area contributed by atoms with Crippen LogP contribution < -0.4 is 10.1 Å². The quantitative estimate of drug-likeness (QED) is 0.103. The first-order chi connectivity index (χ1) is 22.8. The van der Waals surface area contributed by atoms with Crippen molar-refractivity contribution in [3.63, 3.8) is 0 Å². The molecule has 3 aromatic carbocycles. The van der Waals surface area contributed by atoms with Gasteiger partial charge in [0.2, 0.25) is 0 Å². The number of aryl methyl sites for hydroxylation is 1. The van der Waals surface area contributed by atoms with E-state index in [-0.39, 0.29) is 35.5 Å². The molecule has 5 aromatic rings. The molecule has 1 atom stereocenters. The topological polar surface area (TPSA) is 145 Å². The molecule has 1 unspecified atom stereocenters. The first kappa shape index (κ1) is 31.6. The summed E-state index contributed by atoms with van der Waals surface area (Å²) in [5, 5.41) is 31.3. The zero-order valence-electron chi connectivity index (χ0n) is 25.4. The number of nitrogens with zero attached hydrogens (tertiary/aromatic N) is 6. The van der Waals surface area contributed by atoms with Gasteiger partial charge in [-0.2, -0.15) is 5.10 Å². The monoisotopic (exact) mass is 667 g/mol. The normalized spacial score (nSPS) is 14.1. The number of carbonyl (C=O) groups is 2. The number of hydrogen-bond acceptors (Lipinski definition) is 10. The van der Waals surface area contributed by atoms with Crippen LogP contribution in [0.5, 0.6) is 5.75 Å². The van der Waals surface area contributed by atoms with Crippen LogP contribution >= 0.6 is 23.1 Å². The second-order valence-corrected chi connectivity index (χ2v) is 12.5. The Morgan fingerprint density at radius 1 is 1.06 bits per heavy atom. The molecule has 0 saturated heterocycles. The second-order valence-electron chi connectivity index (χ2n) is 10.6. The zero-order valence-corrected chi connectivity index (χ0v) is 27.0. The molecular formula is C33H29N7O5S2. The van der Waals surface area contributed by atoms with Crippen LogP contribution in [0.4, 0.5) is 5.69 Å². The van der Waals surface area contributed by atoms with Crippen molar-refractivity contribution >= 4 is 46.3 Å². The minimum atomic E-state index is -0.520. The number of rotatable bonds is 11. The summed E-state index contributed by atoms with van der Waals surface area (Å²) in [6, 6.07) is 24.5. The molecule has 238 valence electrons. The molecule has 6 rings (SSSR count). The number of carbonyl (C=O) groups excluding carboxylic acids is 2. The van der Waals surface area contributed by atoms with Gasteiger partial charge in [-0.1, -0.05) is 42.1 Å². The summed E-state index contributed by atoms with van der Waals surface area (Å²) in [4.78, 5) is 38.1. The number of non-ortho nitro benzene ring substituents is 1. The predicted molar refractivity (Wildman–Crippen MR) is 179 cm³/mol. The maximum absolute atomic E-state index is 13.8. The second kappa shape index (κ2) is 14.0. The Morgan fingerprint density at radius 2 is 1.85 bits per heavy atom. The van der Waals surface area contributed by atoms with Gasteiger partial charge < -0.3 is 10.1 Å². The molecule has 2 amide bonds. The van der Waals surface area contributed by atoms with Crippen molar-refractivity contribution in [3.8, 4) is 11.4 Å². The van der Waals surface area contributed by atoms with E-state index in [0.717, 1.165) is 33.2 Å². The Kier molecular flexibility index (Phi) is 9.40. The first-order valence-electron chi connectivity index (χ1n) is 14.5. The number of amides is 2. The number of nitrogens with one attached hydrogen (secondary N) is 1. The highest BCUT2D eigenvalue weighted by molar-refractivity contribution is 7.99. The fraction of sp³-hybridized carbons (Fsp3) is 0.182. The molecule has 1 aliphatic heterocycles. The fourth-order valence-electron chi connectivity index (χ4n) is 5.14. The smallest absolute Gasteiger partial charge is 0.269 e. The largest absolute Gasteiger partial charge is 0.497 e. The van der Waals surface area contributed by atoms with Crippen molar-refractivity contribution in [2.24, 2.45) is 5.10 Å². The van der Waals surface area contributed by atoms with Crippen molar-refractivity contribution in [3.05, 3.63) is 128 Å². The number of thiophene rings is 1. The first-order valence-corrected chi connectivity index (χ1v) is 16.4. The predicted octanol–water partition coefficient (Wildman–Crippen LogP) is 5.95. The van der Waals surface area contributed by atoms with Crippen LogP contribution in [0.15, 0.2) is 101 Å². The van der Waals surface area contributed by atoms with Crippen molar-refractivity contribution in [1.82, 2.24) is 25.1 Å². The van der Waals surface area contributed by atoms with Gasteiger partial charge in [0.1, 0.15) is 5.75 Å². The third kappa shape index (κ3) is 7.08. The van der Waals surface area contributed by atoms with E-state index in [0.29, 0.717) is 17.4 Å². The molecule has 1 N–H and O–H groups in total. The van der Waals surface area contributed by atoms with E-state index in [9.17, 15) is 19.7 Å². The fourth-order valence-corrected chi connectivity index (χ4v) is 6.68. The van der Waals surface area contributed by atoms with Gasteiger partial charge >= 0.3 is 0 Å². The van der Waals surface area contributed by atoms with E-state index in [1.54, 1.807) is 23.5 Å². The third-order valence-corrected chi connectivity index (χ3v) is 9.34. The summed E-state index contributed by atoms with van der Waals surface area (Å²) in [6.45, 7) is 2.00. The number of nitro benzene ring substituents is 1. The molecule has 0 aliphatic carbocycles. The highest BCUT2D eigenvalue weighted by atomic mass is 32.2. The van der Waals surface area contributed by atoms with Crippen molar-refractivity contribution in [1.29, 1.82) is 0 Å². The minimum Gasteiger partial charge on any atom is -0.497 e. The van der Waals surface area contributed by atoms with Gasteiger partial charge in [-0.3, -0.25) is 24.3 Å². The number of thioether (sulfide) groups is 1. The molecule has 47 heavy (non-hydrogen) atoms.